The zero-order valence-electron chi connectivity index (χ0n) is 9.49. The summed E-state index contributed by atoms with van der Waals surface area (Å²) in [5, 5.41) is 2.38. The Balaban J connectivity index is 2.09. The van der Waals surface area contributed by atoms with E-state index >= 15 is 0 Å². The second-order valence-corrected chi connectivity index (χ2v) is 4.84. The van der Waals surface area contributed by atoms with E-state index in [1.54, 1.807) is 30.3 Å². The Morgan fingerprint density at radius 2 is 1.95 bits per heavy atom. The Morgan fingerprint density at radius 1 is 1.26 bits per heavy atom. The van der Waals surface area contributed by atoms with E-state index in [0.29, 0.717) is 15.9 Å². The average Bonchev–Trinajstić information content (AvgIpc) is 2.37. The molecule has 0 unspecified atom stereocenters. The monoisotopic (exact) mass is 343 g/mol. The first-order valence-corrected chi connectivity index (χ1v) is 6.42. The van der Waals surface area contributed by atoms with Crippen LogP contribution in [0.3, 0.4) is 0 Å². The summed E-state index contributed by atoms with van der Waals surface area (Å²) in [6.07, 6.45) is -0.686. The van der Waals surface area contributed by atoms with E-state index in [1.165, 1.54) is 12.1 Å². The van der Waals surface area contributed by atoms with Crippen LogP contribution in [0.5, 0.6) is 5.75 Å². The topological polar surface area (TPSA) is 38.3 Å². The van der Waals surface area contributed by atoms with Gasteiger partial charge in [0.05, 0.1) is 10.7 Å². The summed E-state index contributed by atoms with van der Waals surface area (Å²) in [6, 6.07) is 11.0. The second-order valence-electron chi connectivity index (χ2n) is 3.57. The van der Waals surface area contributed by atoms with Gasteiger partial charge < -0.3 is 4.74 Å². The SMILES string of the molecule is O=C(Nc1cc(Cl)c(F)cc1Br)Oc1ccccc1. The summed E-state index contributed by atoms with van der Waals surface area (Å²) in [6.45, 7) is 0. The predicted molar refractivity (Wildman–Crippen MR) is 75.2 cm³/mol. The molecule has 0 aromatic heterocycles. The van der Waals surface area contributed by atoms with Gasteiger partial charge in [-0.3, -0.25) is 5.32 Å². The Kier molecular flexibility index (Phi) is 4.39. The molecule has 0 aliphatic carbocycles. The largest absolute Gasteiger partial charge is 0.417 e. The zero-order chi connectivity index (χ0) is 13.8. The second kappa shape index (κ2) is 6.04. The third-order valence-corrected chi connectivity index (χ3v) is 3.15. The fraction of sp³-hybridized carbons (Fsp3) is 0. The molecule has 0 bridgehead atoms. The Bertz CT molecular complexity index is 607. The number of nitrogens with one attached hydrogen (secondary N) is 1. The zero-order valence-corrected chi connectivity index (χ0v) is 11.8. The van der Waals surface area contributed by atoms with Crippen LogP contribution < -0.4 is 10.1 Å². The van der Waals surface area contributed by atoms with Crippen LogP contribution >= 0.6 is 27.5 Å². The molecule has 0 aliphatic rings. The van der Waals surface area contributed by atoms with E-state index in [1.807, 2.05) is 0 Å². The summed E-state index contributed by atoms with van der Waals surface area (Å²) >= 11 is 8.77. The third-order valence-electron chi connectivity index (χ3n) is 2.20. The molecule has 2 rings (SSSR count). The molecule has 0 spiro atoms. The van der Waals surface area contributed by atoms with E-state index in [9.17, 15) is 9.18 Å². The molecular formula is C13H8BrClFNO2. The molecule has 19 heavy (non-hydrogen) atoms. The third kappa shape index (κ3) is 3.68. The van der Waals surface area contributed by atoms with Gasteiger partial charge in [-0.15, -0.1) is 0 Å². The van der Waals surface area contributed by atoms with Crippen LogP contribution in [0, 0.1) is 5.82 Å². The van der Waals surface area contributed by atoms with Crippen molar-refractivity contribution in [3.05, 3.63) is 57.8 Å². The standard InChI is InChI=1S/C13H8BrClFNO2/c14-9-6-11(16)10(15)7-12(9)17-13(18)19-8-4-2-1-3-5-8/h1-7H,(H,17,18). The lowest BCUT2D eigenvalue weighted by Crippen LogP contribution is -2.17. The molecule has 0 fully saturated rings. The smallest absolute Gasteiger partial charge is 0.410 e. The van der Waals surface area contributed by atoms with Crippen molar-refractivity contribution in [1.82, 2.24) is 0 Å². The van der Waals surface area contributed by atoms with Crippen molar-refractivity contribution in [2.75, 3.05) is 5.32 Å². The van der Waals surface area contributed by atoms with Crippen molar-refractivity contribution in [1.29, 1.82) is 0 Å². The number of carbonyl (C=O) groups excluding carboxylic acids is 1. The molecule has 2 aromatic rings. The van der Waals surface area contributed by atoms with E-state index < -0.39 is 11.9 Å². The number of benzene rings is 2. The highest BCUT2D eigenvalue weighted by atomic mass is 79.9. The fourth-order valence-electron chi connectivity index (χ4n) is 1.35. The van der Waals surface area contributed by atoms with Crippen LogP contribution in [0.15, 0.2) is 46.9 Å². The average molecular weight is 345 g/mol. The van der Waals surface area contributed by atoms with E-state index in [4.69, 9.17) is 16.3 Å². The first-order chi connectivity index (χ1) is 9.06. The van der Waals surface area contributed by atoms with E-state index in [2.05, 4.69) is 21.2 Å². The lowest BCUT2D eigenvalue weighted by molar-refractivity contribution is 0.215. The summed E-state index contributed by atoms with van der Waals surface area (Å²) in [7, 11) is 0. The highest BCUT2D eigenvalue weighted by molar-refractivity contribution is 9.10. The maximum Gasteiger partial charge on any atom is 0.417 e. The lowest BCUT2D eigenvalue weighted by atomic mass is 10.3. The maximum atomic E-state index is 13.1. The number of amides is 1. The number of ether oxygens (including phenoxy) is 1. The van der Waals surface area contributed by atoms with Gasteiger partial charge in [0.1, 0.15) is 11.6 Å². The van der Waals surface area contributed by atoms with Gasteiger partial charge in [0, 0.05) is 4.47 Å². The van der Waals surface area contributed by atoms with Gasteiger partial charge in [-0.1, -0.05) is 29.8 Å². The number of para-hydroxylation sites is 1. The molecule has 1 N–H and O–H groups in total. The van der Waals surface area contributed by atoms with Crippen LogP contribution in [0.4, 0.5) is 14.9 Å². The molecule has 1 amide bonds. The number of halogens is 3. The first kappa shape index (κ1) is 13.8. The Labute approximate surface area is 122 Å². The minimum absolute atomic E-state index is 0.0850. The number of hydrogen-bond acceptors (Lipinski definition) is 2. The van der Waals surface area contributed by atoms with Crippen molar-refractivity contribution < 1.29 is 13.9 Å². The van der Waals surface area contributed by atoms with Crippen LogP contribution in [-0.4, -0.2) is 6.09 Å². The van der Waals surface area contributed by atoms with Gasteiger partial charge in [0.15, 0.2) is 0 Å². The normalized spacial score (nSPS) is 10.1. The molecule has 3 nitrogen and oxygen atoms in total. The maximum absolute atomic E-state index is 13.1. The molecule has 0 aliphatic heterocycles. The number of rotatable bonds is 2. The highest BCUT2D eigenvalue weighted by Crippen LogP contribution is 2.28. The van der Waals surface area contributed by atoms with Gasteiger partial charge >= 0.3 is 6.09 Å². The van der Waals surface area contributed by atoms with Crippen molar-refractivity contribution >= 4 is 39.3 Å². The van der Waals surface area contributed by atoms with Crippen molar-refractivity contribution in [2.24, 2.45) is 0 Å². The summed E-state index contributed by atoms with van der Waals surface area (Å²) in [4.78, 5) is 11.6. The fourth-order valence-corrected chi connectivity index (χ4v) is 1.93. The molecule has 0 saturated heterocycles. The number of hydrogen-bond donors (Lipinski definition) is 1. The summed E-state index contributed by atoms with van der Waals surface area (Å²) < 4.78 is 18.5. The minimum atomic E-state index is -0.686. The van der Waals surface area contributed by atoms with Crippen LogP contribution in [0.1, 0.15) is 0 Å². The van der Waals surface area contributed by atoms with E-state index in [-0.39, 0.29) is 5.02 Å². The van der Waals surface area contributed by atoms with E-state index in [0.717, 1.165) is 0 Å². The molecular weight excluding hydrogens is 337 g/mol. The quantitative estimate of drug-likeness (QED) is 0.791. The molecule has 0 heterocycles. The van der Waals surface area contributed by atoms with Crippen molar-refractivity contribution in [3.63, 3.8) is 0 Å². The summed E-state index contributed by atoms with van der Waals surface area (Å²) in [5.41, 5.74) is 0.326. The predicted octanol–water partition coefficient (Wildman–Crippen LogP) is 4.85. The van der Waals surface area contributed by atoms with Gasteiger partial charge in [-0.25, -0.2) is 9.18 Å². The van der Waals surface area contributed by atoms with Crippen molar-refractivity contribution in [3.8, 4) is 5.75 Å². The number of carbonyl (C=O) groups is 1. The summed E-state index contributed by atoms with van der Waals surface area (Å²) in [5.74, 6) is -0.167. The van der Waals surface area contributed by atoms with Gasteiger partial charge in [-0.05, 0) is 40.2 Å². The van der Waals surface area contributed by atoms with Crippen LogP contribution in [0.2, 0.25) is 5.02 Å². The molecule has 98 valence electrons. The molecule has 0 saturated carbocycles. The molecule has 2 aromatic carbocycles. The van der Waals surface area contributed by atoms with Crippen LogP contribution in [-0.2, 0) is 0 Å². The number of anilines is 1. The first-order valence-electron chi connectivity index (χ1n) is 5.24. The van der Waals surface area contributed by atoms with Gasteiger partial charge in [-0.2, -0.15) is 0 Å². The van der Waals surface area contributed by atoms with Crippen molar-refractivity contribution in [2.45, 2.75) is 0 Å². The van der Waals surface area contributed by atoms with Gasteiger partial charge in [0.2, 0.25) is 0 Å². The highest BCUT2D eigenvalue weighted by Gasteiger charge is 2.11. The minimum Gasteiger partial charge on any atom is -0.410 e. The Morgan fingerprint density at radius 3 is 2.63 bits per heavy atom. The lowest BCUT2D eigenvalue weighted by Gasteiger charge is -2.09. The Hall–Kier alpha value is -1.59. The van der Waals surface area contributed by atoms with Crippen LogP contribution in [0.25, 0.3) is 0 Å². The van der Waals surface area contributed by atoms with Gasteiger partial charge in [0.25, 0.3) is 0 Å². The molecule has 0 atom stereocenters. The molecule has 0 radical (unpaired) electrons. The molecule has 6 heteroatoms.